The van der Waals surface area contributed by atoms with E-state index in [0.717, 1.165) is 13.0 Å². The first-order chi connectivity index (χ1) is 6.83. The second-order valence-corrected chi connectivity index (χ2v) is 3.57. The Morgan fingerprint density at radius 3 is 3.07 bits per heavy atom. The smallest absolute Gasteiger partial charge is 0.0644 e. The van der Waals surface area contributed by atoms with Gasteiger partial charge in [0.1, 0.15) is 0 Å². The molecule has 1 aliphatic heterocycles. The fourth-order valence-electron chi connectivity index (χ4n) is 1.91. The van der Waals surface area contributed by atoms with E-state index in [1.807, 2.05) is 0 Å². The Balaban J connectivity index is 2.56. The van der Waals surface area contributed by atoms with Gasteiger partial charge in [-0.25, -0.2) is 0 Å². The number of hydrogen-bond acceptors (Lipinski definition) is 4. The standard InChI is InChI=1S/C10H18N2O2/c1-2-9(3-4-11)12-5-6-14-8-10(12)7-13/h9-10,13H,2-3,5-8H2,1H3. The van der Waals surface area contributed by atoms with E-state index < -0.39 is 0 Å². The molecule has 0 aromatic carbocycles. The molecule has 1 rings (SSSR count). The monoisotopic (exact) mass is 198 g/mol. The molecular weight excluding hydrogens is 180 g/mol. The number of hydrogen-bond donors (Lipinski definition) is 1. The lowest BCUT2D eigenvalue weighted by atomic mass is 10.1. The molecule has 4 heteroatoms. The Hall–Kier alpha value is -0.630. The summed E-state index contributed by atoms with van der Waals surface area (Å²) in [5.41, 5.74) is 0. The van der Waals surface area contributed by atoms with E-state index in [9.17, 15) is 0 Å². The molecule has 1 aliphatic rings. The lowest BCUT2D eigenvalue weighted by Crippen LogP contribution is -2.52. The minimum Gasteiger partial charge on any atom is -0.395 e. The molecule has 0 bridgehead atoms. The van der Waals surface area contributed by atoms with Crippen molar-refractivity contribution >= 4 is 0 Å². The van der Waals surface area contributed by atoms with Crippen LogP contribution in [0.15, 0.2) is 0 Å². The summed E-state index contributed by atoms with van der Waals surface area (Å²) >= 11 is 0. The molecule has 0 aromatic heterocycles. The summed E-state index contributed by atoms with van der Waals surface area (Å²) in [6.07, 6.45) is 1.48. The van der Waals surface area contributed by atoms with Gasteiger partial charge in [-0.3, -0.25) is 4.90 Å². The molecule has 0 aromatic rings. The van der Waals surface area contributed by atoms with Gasteiger partial charge in [-0.2, -0.15) is 5.26 Å². The third-order valence-electron chi connectivity index (χ3n) is 2.75. The zero-order chi connectivity index (χ0) is 10.4. The summed E-state index contributed by atoms with van der Waals surface area (Å²) in [7, 11) is 0. The molecule has 1 fully saturated rings. The van der Waals surface area contributed by atoms with E-state index >= 15 is 0 Å². The van der Waals surface area contributed by atoms with Gasteiger partial charge in [-0.15, -0.1) is 0 Å². The van der Waals surface area contributed by atoms with Crippen LogP contribution in [0, 0.1) is 11.3 Å². The summed E-state index contributed by atoms with van der Waals surface area (Å²) < 4.78 is 5.29. The minimum absolute atomic E-state index is 0.0713. The average Bonchev–Trinajstić information content (AvgIpc) is 2.26. The van der Waals surface area contributed by atoms with E-state index in [2.05, 4.69) is 17.9 Å². The van der Waals surface area contributed by atoms with E-state index in [4.69, 9.17) is 15.1 Å². The van der Waals surface area contributed by atoms with Crippen LogP contribution in [0.4, 0.5) is 0 Å². The second-order valence-electron chi connectivity index (χ2n) is 3.57. The second kappa shape index (κ2) is 5.97. The lowest BCUT2D eigenvalue weighted by molar-refractivity contribution is -0.0470. The molecule has 2 atom stereocenters. The third-order valence-corrected chi connectivity index (χ3v) is 2.75. The van der Waals surface area contributed by atoms with Gasteiger partial charge in [0.15, 0.2) is 0 Å². The zero-order valence-corrected chi connectivity index (χ0v) is 8.65. The Morgan fingerprint density at radius 1 is 1.71 bits per heavy atom. The number of nitrogens with zero attached hydrogens (tertiary/aromatic N) is 2. The highest BCUT2D eigenvalue weighted by Gasteiger charge is 2.27. The first-order valence-corrected chi connectivity index (χ1v) is 5.14. The highest BCUT2D eigenvalue weighted by atomic mass is 16.5. The predicted octanol–water partition coefficient (Wildman–Crippen LogP) is 0.372. The summed E-state index contributed by atoms with van der Waals surface area (Å²) in [6.45, 7) is 4.30. The van der Waals surface area contributed by atoms with Crippen LogP contribution in [0.1, 0.15) is 19.8 Å². The molecule has 0 aliphatic carbocycles. The van der Waals surface area contributed by atoms with Crippen molar-refractivity contribution in [1.82, 2.24) is 4.90 Å². The predicted molar refractivity (Wildman–Crippen MR) is 52.7 cm³/mol. The van der Waals surface area contributed by atoms with Crippen molar-refractivity contribution in [2.75, 3.05) is 26.4 Å². The molecule has 4 nitrogen and oxygen atoms in total. The van der Waals surface area contributed by atoms with Crippen LogP contribution in [0.5, 0.6) is 0 Å². The molecule has 1 N–H and O–H groups in total. The average molecular weight is 198 g/mol. The van der Waals surface area contributed by atoms with Crippen LogP contribution in [0.3, 0.4) is 0 Å². The molecule has 0 saturated carbocycles. The van der Waals surface area contributed by atoms with E-state index in [1.54, 1.807) is 0 Å². The minimum atomic E-state index is 0.0713. The van der Waals surface area contributed by atoms with Gasteiger partial charge >= 0.3 is 0 Å². The molecule has 14 heavy (non-hydrogen) atoms. The first-order valence-electron chi connectivity index (χ1n) is 5.14. The van der Waals surface area contributed by atoms with Crippen LogP contribution in [-0.4, -0.2) is 48.5 Å². The maximum absolute atomic E-state index is 9.17. The molecular formula is C10H18N2O2. The highest BCUT2D eigenvalue weighted by molar-refractivity contribution is 4.86. The van der Waals surface area contributed by atoms with Gasteiger partial charge in [0.2, 0.25) is 0 Å². The van der Waals surface area contributed by atoms with Crippen LogP contribution < -0.4 is 0 Å². The van der Waals surface area contributed by atoms with Crippen molar-refractivity contribution in [3.05, 3.63) is 0 Å². The normalized spacial score (nSPS) is 25.6. The molecule has 1 saturated heterocycles. The molecule has 80 valence electrons. The van der Waals surface area contributed by atoms with Gasteiger partial charge in [0, 0.05) is 12.6 Å². The summed E-state index contributed by atoms with van der Waals surface area (Å²) in [5, 5.41) is 17.9. The van der Waals surface area contributed by atoms with E-state index in [1.165, 1.54) is 0 Å². The zero-order valence-electron chi connectivity index (χ0n) is 8.65. The molecule has 0 radical (unpaired) electrons. The van der Waals surface area contributed by atoms with Gasteiger partial charge in [-0.05, 0) is 6.42 Å². The number of aliphatic hydroxyl groups excluding tert-OH is 1. The SMILES string of the molecule is CCC(CC#N)N1CCOCC1CO. The van der Waals surface area contributed by atoms with Gasteiger partial charge in [0.05, 0.1) is 38.4 Å². The van der Waals surface area contributed by atoms with Crippen LogP contribution in [-0.2, 0) is 4.74 Å². The van der Waals surface area contributed by atoms with Crippen molar-refractivity contribution in [1.29, 1.82) is 5.26 Å². The number of ether oxygens (including phenoxy) is 1. The van der Waals surface area contributed by atoms with E-state index in [0.29, 0.717) is 19.6 Å². The Bertz CT molecular complexity index is 203. The van der Waals surface area contributed by atoms with Gasteiger partial charge < -0.3 is 9.84 Å². The number of aliphatic hydroxyl groups is 1. The largest absolute Gasteiger partial charge is 0.395 e. The van der Waals surface area contributed by atoms with E-state index in [-0.39, 0.29) is 18.7 Å². The van der Waals surface area contributed by atoms with Crippen LogP contribution >= 0.6 is 0 Å². The number of morpholine rings is 1. The number of nitriles is 1. The summed E-state index contributed by atoms with van der Waals surface area (Å²) in [4.78, 5) is 2.20. The van der Waals surface area contributed by atoms with Gasteiger partial charge in [0.25, 0.3) is 0 Å². The van der Waals surface area contributed by atoms with Crippen molar-refractivity contribution in [2.24, 2.45) is 0 Å². The van der Waals surface area contributed by atoms with Crippen molar-refractivity contribution in [3.8, 4) is 6.07 Å². The Morgan fingerprint density at radius 2 is 2.50 bits per heavy atom. The van der Waals surface area contributed by atoms with Gasteiger partial charge in [-0.1, -0.05) is 6.92 Å². The fourth-order valence-corrected chi connectivity index (χ4v) is 1.91. The molecule has 1 heterocycles. The van der Waals surface area contributed by atoms with Crippen molar-refractivity contribution < 1.29 is 9.84 Å². The maximum Gasteiger partial charge on any atom is 0.0644 e. The van der Waals surface area contributed by atoms with Crippen molar-refractivity contribution in [3.63, 3.8) is 0 Å². The topological polar surface area (TPSA) is 56.5 Å². The molecule has 0 amide bonds. The molecule has 0 spiro atoms. The fraction of sp³-hybridized carbons (Fsp3) is 0.900. The highest BCUT2D eigenvalue weighted by Crippen LogP contribution is 2.15. The van der Waals surface area contributed by atoms with Crippen molar-refractivity contribution in [2.45, 2.75) is 31.8 Å². The Labute approximate surface area is 85.1 Å². The molecule has 2 unspecified atom stereocenters. The van der Waals surface area contributed by atoms with Crippen LogP contribution in [0.25, 0.3) is 0 Å². The summed E-state index contributed by atoms with van der Waals surface area (Å²) in [6, 6.07) is 2.53. The quantitative estimate of drug-likeness (QED) is 0.709. The Kier molecular flexibility index (Phi) is 4.88. The maximum atomic E-state index is 9.17. The first kappa shape index (κ1) is 11.4. The number of rotatable bonds is 4. The van der Waals surface area contributed by atoms with Crippen LogP contribution in [0.2, 0.25) is 0 Å². The lowest BCUT2D eigenvalue weighted by Gasteiger charge is -2.39. The third kappa shape index (κ3) is 2.68. The summed E-state index contributed by atoms with van der Waals surface area (Å²) in [5.74, 6) is 0.